The lowest BCUT2D eigenvalue weighted by molar-refractivity contribution is -0.385. The first kappa shape index (κ1) is 29.0. The number of benzene rings is 3. The maximum Gasteiger partial charge on any atom is 0.416 e. The van der Waals surface area contributed by atoms with Crippen molar-refractivity contribution >= 4 is 50.6 Å². The molecule has 1 aliphatic heterocycles. The lowest BCUT2D eigenvalue weighted by atomic mass is 10.1. The zero-order valence-corrected chi connectivity index (χ0v) is 22.8. The smallest absolute Gasteiger partial charge is 0.416 e. The fourth-order valence-electron chi connectivity index (χ4n) is 3.56. The van der Waals surface area contributed by atoms with Crippen LogP contribution in [0, 0.1) is 10.1 Å². The van der Waals surface area contributed by atoms with E-state index in [0.29, 0.717) is 33.7 Å². The van der Waals surface area contributed by atoms with Gasteiger partial charge in [-0.2, -0.15) is 13.2 Å². The van der Waals surface area contributed by atoms with Crippen LogP contribution in [-0.4, -0.2) is 41.2 Å². The second-order valence-electron chi connectivity index (χ2n) is 8.06. The summed E-state index contributed by atoms with van der Waals surface area (Å²) in [6, 6.07) is 13.4. The second kappa shape index (κ2) is 12.0. The molecule has 0 saturated carbocycles. The molecule has 1 aliphatic rings. The number of amides is 2. The zero-order valence-electron chi connectivity index (χ0n) is 20.4. The van der Waals surface area contributed by atoms with E-state index in [-0.39, 0.29) is 29.6 Å². The van der Waals surface area contributed by atoms with Crippen molar-refractivity contribution in [2.75, 3.05) is 20.3 Å². The number of hydrogen-bond acceptors (Lipinski definition) is 8. The van der Waals surface area contributed by atoms with Crippen molar-refractivity contribution in [2.24, 2.45) is 0 Å². The highest BCUT2D eigenvalue weighted by Crippen LogP contribution is 2.40. The molecule has 0 spiro atoms. The van der Waals surface area contributed by atoms with Crippen molar-refractivity contribution in [3.05, 3.63) is 91.3 Å². The summed E-state index contributed by atoms with van der Waals surface area (Å²) >= 11 is 4.03. The number of imide groups is 1. The number of ether oxygens (including phenoxy) is 3. The molecular weight excluding hydrogens is 621 g/mol. The molecule has 40 heavy (non-hydrogen) atoms. The second-order valence-corrected chi connectivity index (χ2v) is 9.91. The molecule has 0 unspecified atom stereocenters. The number of para-hydroxylation sites is 2. The molecule has 0 atom stereocenters. The Labute approximate surface area is 237 Å². The number of thioether (sulfide) groups is 1. The number of methoxy groups -OCH3 is 1. The average Bonchev–Trinajstić information content (AvgIpc) is 3.17. The largest absolute Gasteiger partial charge is 0.493 e. The number of nitro groups is 1. The van der Waals surface area contributed by atoms with Crippen molar-refractivity contribution in [1.82, 2.24) is 4.90 Å². The number of halogens is 4. The molecule has 3 aromatic carbocycles. The van der Waals surface area contributed by atoms with E-state index in [0.717, 1.165) is 22.7 Å². The molecule has 9 nitrogen and oxygen atoms in total. The number of rotatable bonds is 9. The molecule has 208 valence electrons. The number of alkyl halides is 3. The zero-order chi connectivity index (χ0) is 29.0. The van der Waals surface area contributed by atoms with Crippen LogP contribution in [0.15, 0.2) is 70.0 Å². The van der Waals surface area contributed by atoms with Gasteiger partial charge in [-0.25, -0.2) is 0 Å². The van der Waals surface area contributed by atoms with Gasteiger partial charge in [-0.1, -0.05) is 18.2 Å². The molecule has 2 amide bonds. The van der Waals surface area contributed by atoms with Crippen molar-refractivity contribution in [2.45, 2.75) is 6.18 Å². The van der Waals surface area contributed by atoms with Gasteiger partial charge in [-0.15, -0.1) is 0 Å². The van der Waals surface area contributed by atoms with E-state index in [2.05, 4.69) is 15.9 Å². The molecule has 0 radical (unpaired) electrons. The first-order valence-electron chi connectivity index (χ1n) is 11.3. The van der Waals surface area contributed by atoms with E-state index in [4.69, 9.17) is 14.2 Å². The van der Waals surface area contributed by atoms with Crippen LogP contribution in [-0.2, 0) is 11.0 Å². The summed E-state index contributed by atoms with van der Waals surface area (Å²) in [7, 11) is 1.50. The van der Waals surface area contributed by atoms with Crippen molar-refractivity contribution in [1.29, 1.82) is 0 Å². The van der Waals surface area contributed by atoms with Gasteiger partial charge in [-0.3, -0.25) is 24.6 Å². The quantitative estimate of drug-likeness (QED) is 0.137. The van der Waals surface area contributed by atoms with Crippen LogP contribution >= 0.6 is 27.7 Å². The van der Waals surface area contributed by atoms with Gasteiger partial charge >= 0.3 is 11.9 Å². The number of hydrogen-bond donors (Lipinski definition) is 0. The molecular formula is C26H18BrF3N2O7S. The molecule has 1 heterocycles. The molecule has 0 bridgehead atoms. The van der Waals surface area contributed by atoms with Crippen LogP contribution in [0.2, 0.25) is 0 Å². The van der Waals surface area contributed by atoms with E-state index >= 15 is 0 Å². The van der Waals surface area contributed by atoms with Gasteiger partial charge in [0.2, 0.25) is 5.75 Å². The Kier molecular flexibility index (Phi) is 8.69. The van der Waals surface area contributed by atoms with Gasteiger partial charge < -0.3 is 14.2 Å². The SMILES string of the molecule is COc1ccccc1OCCN1C(=O)S/C(=C\c2ccc(Oc3ccc(C(F)(F)F)cc3[N+](=O)[O-])c(Br)c2)C1=O. The minimum absolute atomic E-state index is 0.0163. The lowest BCUT2D eigenvalue weighted by Crippen LogP contribution is -2.32. The Morgan fingerprint density at radius 1 is 1.02 bits per heavy atom. The lowest BCUT2D eigenvalue weighted by Gasteiger charge is -2.14. The number of nitrogens with zero attached hydrogens (tertiary/aromatic N) is 2. The molecule has 3 aromatic rings. The number of carbonyl (C=O) groups is 2. The summed E-state index contributed by atoms with van der Waals surface area (Å²) in [5.41, 5.74) is -1.53. The maximum atomic E-state index is 13.0. The van der Waals surface area contributed by atoms with Crippen molar-refractivity contribution in [3.63, 3.8) is 0 Å². The average molecular weight is 639 g/mol. The van der Waals surface area contributed by atoms with E-state index in [1.165, 1.54) is 31.4 Å². The van der Waals surface area contributed by atoms with Crippen LogP contribution in [0.1, 0.15) is 11.1 Å². The van der Waals surface area contributed by atoms with Gasteiger partial charge in [0.25, 0.3) is 11.1 Å². The third kappa shape index (κ3) is 6.57. The van der Waals surface area contributed by atoms with Crippen LogP contribution in [0.25, 0.3) is 6.08 Å². The fourth-order valence-corrected chi connectivity index (χ4v) is 4.90. The maximum absolute atomic E-state index is 13.0. The monoisotopic (exact) mass is 638 g/mol. The molecule has 1 fully saturated rings. The van der Waals surface area contributed by atoms with Gasteiger partial charge in [0, 0.05) is 6.07 Å². The Hall–Kier alpha value is -4.04. The topological polar surface area (TPSA) is 108 Å². The Morgan fingerprint density at radius 3 is 2.38 bits per heavy atom. The van der Waals surface area contributed by atoms with Crippen molar-refractivity contribution in [3.8, 4) is 23.0 Å². The van der Waals surface area contributed by atoms with Crippen LogP contribution in [0.3, 0.4) is 0 Å². The highest BCUT2D eigenvalue weighted by molar-refractivity contribution is 9.10. The summed E-state index contributed by atoms with van der Waals surface area (Å²) in [6.45, 7) is 0.0712. The summed E-state index contributed by atoms with van der Waals surface area (Å²) in [5.74, 6) is 0.184. The van der Waals surface area contributed by atoms with E-state index < -0.39 is 33.5 Å². The highest BCUT2D eigenvalue weighted by Gasteiger charge is 2.35. The Morgan fingerprint density at radius 2 is 1.73 bits per heavy atom. The Bertz CT molecular complexity index is 1510. The highest BCUT2D eigenvalue weighted by atomic mass is 79.9. The fraction of sp³-hybridized carbons (Fsp3) is 0.154. The minimum atomic E-state index is -4.76. The Balaban J connectivity index is 1.45. The number of nitro benzene ring substituents is 1. The molecule has 0 N–H and O–H groups in total. The third-order valence-electron chi connectivity index (χ3n) is 5.47. The first-order valence-corrected chi connectivity index (χ1v) is 12.9. The van der Waals surface area contributed by atoms with E-state index in [1.54, 1.807) is 24.3 Å². The molecule has 4 rings (SSSR count). The summed E-state index contributed by atoms with van der Waals surface area (Å²) in [6.07, 6.45) is -3.27. The van der Waals surface area contributed by atoms with Crippen LogP contribution in [0.5, 0.6) is 23.0 Å². The van der Waals surface area contributed by atoms with Crippen LogP contribution in [0.4, 0.5) is 23.7 Å². The van der Waals surface area contributed by atoms with Crippen LogP contribution < -0.4 is 14.2 Å². The standard InChI is InChI=1S/C26H18BrF3N2O7S/c1-37-21-4-2-3-5-22(21)38-11-10-31-24(33)23(40-25(31)34)13-15-6-8-19(17(27)12-15)39-20-9-7-16(26(28,29)30)14-18(20)32(35)36/h2-9,12-14H,10-11H2,1H3/b23-13-. The van der Waals surface area contributed by atoms with Gasteiger partial charge in [0.1, 0.15) is 12.4 Å². The first-order chi connectivity index (χ1) is 19.0. The minimum Gasteiger partial charge on any atom is -0.493 e. The third-order valence-corrected chi connectivity index (χ3v) is 7.00. The predicted molar refractivity (Wildman–Crippen MR) is 143 cm³/mol. The molecule has 0 aliphatic carbocycles. The van der Waals surface area contributed by atoms with E-state index in [1.807, 2.05) is 0 Å². The van der Waals surface area contributed by atoms with Gasteiger partial charge in [0.05, 0.1) is 33.5 Å². The van der Waals surface area contributed by atoms with Crippen molar-refractivity contribution < 1.29 is 41.9 Å². The summed E-state index contributed by atoms with van der Waals surface area (Å²) < 4.78 is 55.6. The molecule has 14 heteroatoms. The number of carbonyl (C=O) groups excluding carboxylic acids is 2. The normalized spacial score (nSPS) is 14.5. The summed E-state index contributed by atoms with van der Waals surface area (Å²) in [5, 5.41) is 10.9. The van der Waals surface area contributed by atoms with Gasteiger partial charge in [0.15, 0.2) is 11.5 Å². The van der Waals surface area contributed by atoms with Gasteiger partial charge in [-0.05, 0) is 75.7 Å². The summed E-state index contributed by atoms with van der Waals surface area (Å²) in [4.78, 5) is 36.9. The molecule has 1 saturated heterocycles. The predicted octanol–water partition coefficient (Wildman–Crippen LogP) is 7.29. The molecule has 0 aromatic heterocycles. The van der Waals surface area contributed by atoms with E-state index in [9.17, 15) is 32.9 Å².